The van der Waals surface area contributed by atoms with Crippen LogP contribution in [0.5, 0.6) is 0 Å². The fourth-order valence-electron chi connectivity index (χ4n) is 3.89. The Hall–Kier alpha value is -1.59. The Kier molecular flexibility index (Phi) is 8.77. The molecule has 4 atom stereocenters. The van der Waals surface area contributed by atoms with Crippen LogP contribution >= 0.6 is 11.6 Å². The number of nitrogens with two attached hydrogens (primary N) is 1. The maximum absolute atomic E-state index is 13.0. The second kappa shape index (κ2) is 10.8. The lowest BCUT2D eigenvalue weighted by Gasteiger charge is -2.34. The van der Waals surface area contributed by atoms with Gasteiger partial charge in [0.25, 0.3) is 0 Å². The van der Waals surface area contributed by atoms with Crippen LogP contribution in [0.4, 0.5) is 0 Å². The van der Waals surface area contributed by atoms with Gasteiger partial charge >= 0.3 is 0 Å². The first-order valence-electron chi connectivity index (χ1n) is 10.4. The van der Waals surface area contributed by atoms with Gasteiger partial charge in [0.15, 0.2) is 0 Å². The van der Waals surface area contributed by atoms with Gasteiger partial charge in [0.1, 0.15) is 6.04 Å². The van der Waals surface area contributed by atoms with E-state index in [2.05, 4.69) is 16.7 Å². The van der Waals surface area contributed by atoms with Gasteiger partial charge in [0.05, 0.1) is 6.04 Å². The zero-order valence-corrected chi connectivity index (χ0v) is 18.0. The van der Waals surface area contributed by atoms with Crippen LogP contribution in [0.2, 0.25) is 5.02 Å². The second-order valence-electron chi connectivity index (χ2n) is 8.27. The molecule has 0 heterocycles. The number of hydrogen-bond acceptors (Lipinski definition) is 3. The Bertz CT molecular complexity index is 665. The summed E-state index contributed by atoms with van der Waals surface area (Å²) in [6.07, 6.45) is 5.31. The molecule has 5 nitrogen and oxygen atoms in total. The number of benzene rings is 1. The fraction of sp³-hybridized carbons (Fsp3) is 0.636. The molecule has 0 spiro atoms. The van der Waals surface area contributed by atoms with E-state index in [0.29, 0.717) is 17.9 Å². The molecule has 1 aliphatic rings. The lowest BCUT2D eigenvalue weighted by atomic mass is 9.80. The molecule has 1 fully saturated rings. The van der Waals surface area contributed by atoms with Crippen LogP contribution in [0.25, 0.3) is 0 Å². The van der Waals surface area contributed by atoms with Gasteiger partial charge < -0.3 is 16.4 Å². The number of carbonyl (C=O) groups excluding carboxylic acids is 2. The van der Waals surface area contributed by atoms with E-state index in [1.54, 1.807) is 0 Å². The van der Waals surface area contributed by atoms with Crippen LogP contribution in [0.1, 0.15) is 70.8 Å². The Labute approximate surface area is 173 Å². The summed E-state index contributed by atoms with van der Waals surface area (Å²) >= 11 is 6.18. The van der Waals surface area contributed by atoms with Crippen LogP contribution in [0, 0.1) is 5.92 Å². The molecule has 1 aliphatic carbocycles. The molecule has 2 amide bonds. The third kappa shape index (κ3) is 6.49. The summed E-state index contributed by atoms with van der Waals surface area (Å²) in [6, 6.07) is 6.79. The van der Waals surface area contributed by atoms with Gasteiger partial charge in [-0.2, -0.15) is 0 Å². The van der Waals surface area contributed by atoms with Crippen molar-refractivity contribution >= 4 is 23.4 Å². The summed E-state index contributed by atoms with van der Waals surface area (Å²) in [5.74, 6) is 0.135. The summed E-state index contributed by atoms with van der Waals surface area (Å²) in [7, 11) is 0. The predicted octanol–water partition coefficient (Wildman–Crippen LogP) is 3.75. The quantitative estimate of drug-likeness (QED) is 0.613. The lowest BCUT2D eigenvalue weighted by molar-refractivity contribution is -0.130. The minimum absolute atomic E-state index is 0.0473. The van der Waals surface area contributed by atoms with Crippen molar-refractivity contribution in [1.29, 1.82) is 0 Å². The van der Waals surface area contributed by atoms with Gasteiger partial charge in [-0.25, -0.2) is 0 Å². The van der Waals surface area contributed by atoms with E-state index in [0.717, 1.165) is 31.2 Å². The van der Waals surface area contributed by atoms with Crippen molar-refractivity contribution in [3.05, 3.63) is 34.9 Å². The molecule has 4 N–H and O–H groups in total. The first kappa shape index (κ1) is 22.7. The average molecular weight is 408 g/mol. The van der Waals surface area contributed by atoms with Crippen LogP contribution in [0.3, 0.4) is 0 Å². The molecular formula is C22H34ClN3O2. The summed E-state index contributed by atoms with van der Waals surface area (Å²) in [5.41, 5.74) is 7.00. The summed E-state index contributed by atoms with van der Waals surface area (Å²) < 4.78 is 0. The molecule has 0 saturated heterocycles. The number of amides is 2. The summed E-state index contributed by atoms with van der Waals surface area (Å²) in [6.45, 7) is 5.95. The van der Waals surface area contributed by atoms with Crippen LogP contribution in [-0.2, 0) is 9.59 Å². The molecular weight excluding hydrogens is 374 g/mol. The normalized spacial score (nSPS) is 21.8. The first-order chi connectivity index (χ1) is 13.3. The standard InChI is InChI=1S/C22H34ClN3O2/c1-4-18(24)21(27)26-20(12-14(2)3)22(28)25-19-11-6-5-10-17(19)15-8-7-9-16(23)13-15/h7-9,13-14,17-20H,4-6,10-12,24H2,1-3H3,(H,25,28)(H,26,27)/t17-,18-,19+,20-/m0/s1. The number of carbonyl (C=O) groups is 2. The van der Waals surface area contributed by atoms with Crippen molar-refractivity contribution < 1.29 is 9.59 Å². The number of nitrogens with one attached hydrogen (secondary N) is 2. The molecule has 0 bridgehead atoms. The Morgan fingerprint density at radius 2 is 1.93 bits per heavy atom. The van der Waals surface area contributed by atoms with Crippen LogP contribution in [0.15, 0.2) is 24.3 Å². The van der Waals surface area contributed by atoms with Crippen molar-refractivity contribution in [3.8, 4) is 0 Å². The highest BCUT2D eigenvalue weighted by Crippen LogP contribution is 2.34. The molecule has 1 aromatic rings. The molecule has 28 heavy (non-hydrogen) atoms. The van der Waals surface area contributed by atoms with Crippen molar-refractivity contribution in [1.82, 2.24) is 10.6 Å². The molecule has 1 saturated carbocycles. The maximum Gasteiger partial charge on any atom is 0.242 e. The van der Waals surface area contributed by atoms with E-state index < -0.39 is 12.1 Å². The molecule has 0 radical (unpaired) electrons. The average Bonchev–Trinajstić information content (AvgIpc) is 2.66. The predicted molar refractivity (Wildman–Crippen MR) is 114 cm³/mol. The van der Waals surface area contributed by atoms with Crippen molar-refractivity contribution in [3.63, 3.8) is 0 Å². The van der Waals surface area contributed by atoms with Gasteiger partial charge in [-0.1, -0.05) is 57.3 Å². The van der Waals surface area contributed by atoms with Crippen LogP contribution in [-0.4, -0.2) is 29.9 Å². The second-order valence-corrected chi connectivity index (χ2v) is 8.70. The highest BCUT2D eigenvalue weighted by molar-refractivity contribution is 6.30. The molecule has 6 heteroatoms. The van der Waals surface area contributed by atoms with Crippen molar-refractivity contribution in [2.75, 3.05) is 0 Å². The topological polar surface area (TPSA) is 84.2 Å². The van der Waals surface area contributed by atoms with E-state index in [1.165, 1.54) is 0 Å². The third-order valence-electron chi connectivity index (χ3n) is 5.49. The van der Waals surface area contributed by atoms with Gasteiger partial charge in [0.2, 0.25) is 11.8 Å². The molecule has 0 aliphatic heterocycles. The Morgan fingerprint density at radius 1 is 1.21 bits per heavy atom. The van der Waals surface area contributed by atoms with Crippen molar-refractivity contribution in [2.24, 2.45) is 11.7 Å². The fourth-order valence-corrected chi connectivity index (χ4v) is 4.09. The van der Waals surface area contributed by atoms with Crippen molar-refractivity contribution in [2.45, 2.75) is 83.3 Å². The number of hydrogen-bond donors (Lipinski definition) is 3. The number of halogens is 1. The highest BCUT2D eigenvalue weighted by atomic mass is 35.5. The zero-order valence-electron chi connectivity index (χ0n) is 17.2. The lowest BCUT2D eigenvalue weighted by Crippen LogP contribution is -2.54. The molecule has 2 rings (SSSR count). The molecule has 1 aromatic carbocycles. The monoisotopic (exact) mass is 407 g/mol. The summed E-state index contributed by atoms with van der Waals surface area (Å²) in [4.78, 5) is 25.3. The van der Waals surface area contributed by atoms with E-state index in [4.69, 9.17) is 17.3 Å². The van der Waals surface area contributed by atoms with E-state index in [1.807, 2.05) is 39.0 Å². The van der Waals surface area contributed by atoms with Crippen LogP contribution < -0.4 is 16.4 Å². The largest absolute Gasteiger partial charge is 0.351 e. The first-order valence-corrected chi connectivity index (χ1v) is 10.8. The molecule has 0 aromatic heterocycles. The molecule has 156 valence electrons. The minimum Gasteiger partial charge on any atom is -0.351 e. The van der Waals surface area contributed by atoms with Gasteiger partial charge in [-0.15, -0.1) is 0 Å². The third-order valence-corrected chi connectivity index (χ3v) is 5.72. The Morgan fingerprint density at radius 3 is 2.57 bits per heavy atom. The van der Waals surface area contributed by atoms with Gasteiger partial charge in [-0.05, 0) is 49.3 Å². The minimum atomic E-state index is -0.587. The zero-order chi connectivity index (χ0) is 20.7. The summed E-state index contributed by atoms with van der Waals surface area (Å²) in [5, 5.41) is 6.79. The van der Waals surface area contributed by atoms with Gasteiger partial charge in [-0.3, -0.25) is 9.59 Å². The van der Waals surface area contributed by atoms with Gasteiger partial charge in [0, 0.05) is 17.0 Å². The molecule has 0 unspecified atom stereocenters. The Balaban J connectivity index is 2.11. The number of rotatable bonds is 8. The van der Waals surface area contributed by atoms with E-state index >= 15 is 0 Å². The SMILES string of the molecule is CC[C@H](N)C(=O)N[C@@H](CC(C)C)C(=O)N[C@@H]1CCCC[C@H]1c1cccc(Cl)c1. The van der Waals surface area contributed by atoms with E-state index in [-0.39, 0.29) is 29.7 Å². The van der Waals surface area contributed by atoms with E-state index in [9.17, 15) is 9.59 Å². The smallest absolute Gasteiger partial charge is 0.242 e. The maximum atomic E-state index is 13.0. The highest BCUT2D eigenvalue weighted by Gasteiger charge is 2.31.